The number of hydrogen-bond acceptors (Lipinski definition) is 2. The lowest BCUT2D eigenvalue weighted by molar-refractivity contribution is 0.272. The predicted molar refractivity (Wildman–Crippen MR) is 92.0 cm³/mol. The number of nitrogens with one attached hydrogen (secondary N) is 1. The number of nitrogens with zero attached hydrogens (tertiary/aromatic N) is 1. The summed E-state index contributed by atoms with van der Waals surface area (Å²) >= 11 is 0. The molecular weight excluding hydrogens is 268 g/mol. The Kier molecular flexibility index (Phi) is 4.23. The molecule has 1 aromatic carbocycles. The summed E-state index contributed by atoms with van der Waals surface area (Å²) in [5, 5.41) is 3.77. The molecule has 3 fully saturated rings. The molecule has 1 aromatic rings. The van der Waals surface area contributed by atoms with Gasteiger partial charge in [0.2, 0.25) is 0 Å². The first-order chi connectivity index (χ1) is 10.8. The van der Waals surface area contributed by atoms with Crippen LogP contribution in [0.3, 0.4) is 0 Å². The van der Waals surface area contributed by atoms with E-state index in [4.69, 9.17) is 0 Å². The van der Waals surface area contributed by atoms with Crippen LogP contribution in [0.25, 0.3) is 0 Å². The van der Waals surface area contributed by atoms with Crippen molar-refractivity contribution in [3.8, 4) is 0 Å². The highest BCUT2D eigenvalue weighted by Gasteiger charge is 2.39. The second-order valence-corrected chi connectivity index (χ2v) is 7.76. The average Bonchev–Trinajstić information content (AvgIpc) is 3.22. The van der Waals surface area contributed by atoms with Crippen molar-refractivity contribution >= 4 is 0 Å². The van der Waals surface area contributed by atoms with Gasteiger partial charge in [0.05, 0.1) is 0 Å². The Morgan fingerprint density at radius 2 is 1.95 bits per heavy atom. The predicted octanol–water partition coefficient (Wildman–Crippen LogP) is 3.77. The fourth-order valence-corrected chi connectivity index (χ4v) is 5.04. The van der Waals surface area contributed by atoms with Crippen molar-refractivity contribution in [1.82, 2.24) is 10.2 Å². The minimum absolute atomic E-state index is 0.625. The van der Waals surface area contributed by atoms with Crippen molar-refractivity contribution in [2.24, 2.45) is 11.8 Å². The van der Waals surface area contributed by atoms with E-state index in [1.807, 2.05) is 0 Å². The Bertz CT molecular complexity index is 495. The topological polar surface area (TPSA) is 15.3 Å². The van der Waals surface area contributed by atoms with Crippen LogP contribution in [0.15, 0.2) is 24.3 Å². The molecule has 2 saturated heterocycles. The van der Waals surface area contributed by atoms with Crippen molar-refractivity contribution in [2.45, 2.75) is 57.5 Å². The standard InChI is InChI=1S/C20H30N2/c1-15-4-3-12-22(15)13-11-16-7-9-17(10-8-16)20-19-6-2-5-18(19)14-21-20/h7-10,15,18-21H,2-6,11-14H2,1H3. The second kappa shape index (κ2) is 6.33. The third kappa shape index (κ3) is 2.83. The fraction of sp³-hybridized carbons (Fsp3) is 0.700. The van der Waals surface area contributed by atoms with Crippen LogP contribution in [0.1, 0.15) is 56.2 Å². The second-order valence-electron chi connectivity index (χ2n) is 7.76. The minimum atomic E-state index is 0.625. The highest BCUT2D eigenvalue weighted by Crippen LogP contribution is 2.44. The van der Waals surface area contributed by atoms with E-state index in [0.29, 0.717) is 6.04 Å². The van der Waals surface area contributed by atoms with Crippen molar-refractivity contribution < 1.29 is 0 Å². The smallest absolute Gasteiger partial charge is 0.0351 e. The van der Waals surface area contributed by atoms with Gasteiger partial charge in [-0.05, 0) is 75.1 Å². The lowest BCUT2D eigenvalue weighted by Crippen LogP contribution is -2.28. The van der Waals surface area contributed by atoms with Crippen LogP contribution in [-0.4, -0.2) is 30.6 Å². The molecule has 2 nitrogen and oxygen atoms in total. The summed E-state index contributed by atoms with van der Waals surface area (Å²) in [7, 11) is 0. The molecule has 4 unspecified atom stereocenters. The first kappa shape index (κ1) is 14.7. The first-order valence-corrected chi connectivity index (χ1v) is 9.37. The zero-order valence-electron chi connectivity index (χ0n) is 13.9. The van der Waals surface area contributed by atoms with Crippen molar-refractivity contribution in [3.05, 3.63) is 35.4 Å². The highest BCUT2D eigenvalue weighted by atomic mass is 15.2. The van der Waals surface area contributed by atoms with Gasteiger partial charge in [0, 0.05) is 18.6 Å². The van der Waals surface area contributed by atoms with Crippen LogP contribution < -0.4 is 5.32 Å². The molecule has 2 heterocycles. The molecule has 1 N–H and O–H groups in total. The average molecular weight is 298 g/mol. The van der Waals surface area contributed by atoms with Gasteiger partial charge in [-0.25, -0.2) is 0 Å². The van der Waals surface area contributed by atoms with Crippen LogP contribution in [0.4, 0.5) is 0 Å². The van der Waals surface area contributed by atoms with Gasteiger partial charge in [-0.3, -0.25) is 0 Å². The van der Waals surface area contributed by atoms with Crippen molar-refractivity contribution in [3.63, 3.8) is 0 Å². The summed E-state index contributed by atoms with van der Waals surface area (Å²) in [4.78, 5) is 2.65. The van der Waals surface area contributed by atoms with Crippen molar-refractivity contribution in [2.75, 3.05) is 19.6 Å². The summed E-state index contributed by atoms with van der Waals surface area (Å²) in [6, 6.07) is 10.9. The van der Waals surface area contributed by atoms with Gasteiger partial charge in [-0.15, -0.1) is 0 Å². The normalized spacial score (nSPS) is 35.1. The highest BCUT2D eigenvalue weighted by molar-refractivity contribution is 5.27. The maximum absolute atomic E-state index is 3.77. The molecular formula is C20H30N2. The number of likely N-dealkylation sites (tertiary alicyclic amines) is 1. The molecule has 120 valence electrons. The van der Waals surface area contributed by atoms with E-state index < -0.39 is 0 Å². The minimum Gasteiger partial charge on any atom is -0.309 e. The Hall–Kier alpha value is -0.860. The van der Waals surface area contributed by atoms with Crippen LogP contribution in [0.2, 0.25) is 0 Å². The summed E-state index contributed by atoms with van der Waals surface area (Å²) in [5.41, 5.74) is 3.02. The van der Waals surface area contributed by atoms with E-state index in [1.54, 1.807) is 0 Å². The molecule has 1 aliphatic carbocycles. The van der Waals surface area contributed by atoms with Gasteiger partial charge in [0.25, 0.3) is 0 Å². The SMILES string of the molecule is CC1CCCN1CCc1ccc(C2NCC3CCCC32)cc1. The molecule has 3 aliphatic rings. The van der Waals surface area contributed by atoms with Gasteiger partial charge in [0.15, 0.2) is 0 Å². The molecule has 0 spiro atoms. The van der Waals surface area contributed by atoms with E-state index in [-0.39, 0.29) is 0 Å². The number of benzene rings is 1. The van der Waals surface area contributed by atoms with Gasteiger partial charge in [-0.2, -0.15) is 0 Å². The molecule has 0 amide bonds. The van der Waals surface area contributed by atoms with Crippen LogP contribution >= 0.6 is 0 Å². The molecule has 0 radical (unpaired) electrons. The van der Waals surface area contributed by atoms with Gasteiger partial charge >= 0.3 is 0 Å². The fourth-order valence-electron chi connectivity index (χ4n) is 5.04. The van der Waals surface area contributed by atoms with Crippen LogP contribution in [0, 0.1) is 11.8 Å². The monoisotopic (exact) mass is 298 g/mol. The van der Waals surface area contributed by atoms with E-state index in [0.717, 1.165) is 17.9 Å². The summed E-state index contributed by atoms with van der Waals surface area (Å²) in [6.45, 7) is 6.14. The molecule has 0 bridgehead atoms. The zero-order valence-corrected chi connectivity index (χ0v) is 13.9. The Labute approximate surface area is 135 Å². The van der Waals surface area contributed by atoms with Crippen LogP contribution in [0.5, 0.6) is 0 Å². The maximum atomic E-state index is 3.77. The molecule has 1 saturated carbocycles. The third-order valence-corrected chi connectivity index (χ3v) is 6.46. The van der Waals surface area contributed by atoms with E-state index in [1.165, 1.54) is 69.3 Å². The lowest BCUT2D eigenvalue weighted by Gasteiger charge is -2.21. The summed E-state index contributed by atoms with van der Waals surface area (Å²) in [6.07, 6.45) is 8.29. The Balaban J connectivity index is 1.36. The quantitative estimate of drug-likeness (QED) is 0.910. The molecule has 4 rings (SSSR count). The van der Waals surface area contributed by atoms with Crippen LogP contribution in [-0.2, 0) is 6.42 Å². The largest absolute Gasteiger partial charge is 0.309 e. The van der Waals surface area contributed by atoms with E-state index in [2.05, 4.69) is 41.4 Å². The van der Waals surface area contributed by atoms with Gasteiger partial charge < -0.3 is 10.2 Å². The molecule has 22 heavy (non-hydrogen) atoms. The van der Waals surface area contributed by atoms with Gasteiger partial charge in [-0.1, -0.05) is 30.7 Å². The summed E-state index contributed by atoms with van der Waals surface area (Å²) in [5.74, 6) is 1.85. The maximum Gasteiger partial charge on any atom is 0.0351 e. The molecule has 4 atom stereocenters. The Morgan fingerprint density at radius 3 is 2.73 bits per heavy atom. The first-order valence-electron chi connectivity index (χ1n) is 9.37. The third-order valence-electron chi connectivity index (χ3n) is 6.46. The molecule has 2 aliphatic heterocycles. The zero-order chi connectivity index (χ0) is 14.9. The number of hydrogen-bond donors (Lipinski definition) is 1. The van der Waals surface area contributed by atoms with Crippen molar-refractivity contribution in [1.29, 1.82) is 0 Å². The van der Waals surface area contributed by atoms with Gasteiger partial charge in [0.1, 0.15) is 0 Å². The number of rotatable bonds is 4. The van der Waals surface area contributed by atoms with E-state index in [9.17, 15) is 0 Å². The number of fused-ring (bicyclic) bond motifs is 1. The molecule has 2 heteroatoms. The summed E-state index contributed by atoms with van der Waals surface area (Å²) < 4.78 is 0. The molecule has 0 aromatic heterocycles. The Morgan fingerprint density at radius 1 is 1.09 bits per heavy atom. The van der Waals surface area contributed by atoms with E-state index >= 15 is 0 Å². The lowest BCUT2D eigenvalue weighted by atomic mass is 9.89.